The Balaban J connectivity index is 1.44. The van der Waals surface area contributed by atoms with Crippen LogP contribution in [0.2, 0.25) is 0 Å². The zero-order valence-electron chi connectivity index (χ0n) is 40.8. The molecular weight excluding hydrogens is 809 g/mol. The molecule has 0 aromatic heterocycles. The molecule has 1 aliphatic carbocycles. The Morgan fingerprint density at radius 3 is 1.11 bits per heavy atom. The zero-order valence-corrected chi connectivity index (χ0v) is 40.8. The molecule has 6 aromatic rings. The molecule has 0 atom stereocenters. The largest absolute Gasteiger partial charge is 0.507 e. The van der Waals surface area contributed by atoms with Gasteiger partial charge < -0.3 is 29.5 Å². The lowest BCUT2D eigenvalue weighted by molar-refractivity contribution is 0.0595. The molecule has 7 nitrogen and oxygen atoms in total. The molecule has 65 heavy (non-hydrogen) atoms. The highest BCUT2D eigenvalue weighted by Crippen LogP contribution is 2.43. The van der Waals surface area contributed by atoms with Crippen LogP contribution in [0.15, 0.2) is 84.9 Å². The van der Waals surface area contributed by atoms with Gasteiger partial charge in [0.1, 0.15) is 47.5 Å². The van der Waals surface area contributed by atoms with Gasteiger partial charge >= 0.3 is 5.97 Å². The van der Waals surface area contributed by atoms with Crippen LogP contribution >= 0.6 is 0 Å². The number of ether oxygens (including phenoxy) is 3. The van der Waals surface area contributed by atoms with E-state index in [1.165, 1.54) is 7.11 Å². The number of phenols is 3. The Labute approximate surface area is 386 Å². The van der Waals surface area contributed by atoms with Crippen LogP contribution in [0.3, 0.4) is 0 Å². The van der Waals surface area contributed by atoms with Crippen molar-refractivity contribution in [2.24, 2.45) is 0 Å². The van der Waals surface area contributed by atoms with Crippen molar-refractivity contribution in [2.75, 3.05) is 20.3 Å². The molecule has 0 spiro atoms. The molecule has 0 radical (unpaired) electrons. The molecule has 0 amide bonds. The molecule has 0 unspecified atom stereocenters. The van der Waals surface area contributed by atoms with E-state index in [1.54, 1.807) is 6.07 Å². The second-order valence-corrected chi connectivity index (χ2v) is 22.1. The van der Waals surface area contributed by atoms with Gasteiger partial charge in [0, 0.05) is 25.7 Å². The minimum Gasteiger partial charge on any atom is -0.507 e. The number of rotatable bonds is 6. The first-order chi connectivity index (χ1) is 30.3. The second-order valence-electron chi connectivity index (χ2n) is 22.1. The van der Waals surface area contributed by atoms with E-state index in [1.807, 2.05) is 30.3 Å². The fourth-order valence-electron chi connectivity index (χ4n) is 8.75. The summed E-state index contributed by atoms with van der Waals surface area (Å²) in [4.78, 5) is 13.0. The minimum absolute atomic E-state index is 0.129. The van der Waals surface area contributed by atoms with Gasteiger partial charge in [-0.3, -0.25) is 0 Å². The Morgan fingerprint density at radius 1 is 0.462 bits per heavy atom. The highest BCUT2D eigenvalue weighted by Gasteiger charge is 2.28. The van der Waals surface area contributed by atoms with Gasteiger partial charge in [-0.25, -0.2) is 4.79 Å². The number of hydrogen-bond donors (Lipinski definition) is 3. The molecule has 0 heterocycles. The first-order valence-electron chi connectivity index (χ1n) is 22.9. The first-order valence-corrected chi connectivity index (χ1v) is 22.9. The molecule has 0 aliphatic heterocycles. The number of aromatic hydroxyl groups is 3. The molecule has 0 fully saturated rings. The summed E-state index contributed by atoms with van der Waals surface area (Å²) in [7, 11) is 1.36. The van der Waals surface area contributed by atoms with Crippen molar-refractivity contribution < 1.29 is 34.3 Å². The first kappa shape index (κ1) is 47.0. The van der Waals surface area contributed by atoms with Gasteiger partial charge in [0.25, 0.3) is 0 Å². The summed E-state index contributed by atoms with van der Waals surface area (Å²) in [6, 6.07) is 28.3. The van der Waals surface area contributed by atoms with Crippen LogP contribution in [-0.2, 0) is 52.1 Å². The van der Waals surface area contributed by atoms with E-state index in [0.29, 0.717) is 42.7 Å². The van der Waals surface area contributed by atoms with Gasteiger partial charge in [0.15, 0.2) is 0 Å². The number of methoxy groups -OCH3 is 1. The lowest BCUT2D eigenvalue weighted by Crippen LogP contribution is -2.17. The van der Waals surface area contributed by atoms with E-state index in [2.05, 4.69) is 132 Å². The second kappa shape index (κ2) is 17.5. The Hall–Kier alpha value is -5.95. The predicted molar refractivity (Wildman–Crippen MR) is 263 cm³/mol. The lowest BCUT2D eigenvalue weighted by atomic mass is 9.79. The molecule has 3 N–H and O–H groups in total. The van der Waals surface area contributed by atoms with Gasteiger partial charge in [-0.2, -0.15) is 0 Å². The van der Waals surface area contributed by atoms with Crippen LogP contribution < -0.4 is 9.47 Å². The Morgan fingerprint density at radius 2 is 0.769 bits per heavy atom. The molecule has 7 rings (SSSR count). The van der Waals surface area contributed by atoms with Gasteiger partial charge in [-0.05, 0) is 111 Å². The molecule has 7 heteroatoms. The van der Waals surface area contributed by atoms with Crippen molar-refractivity contribution in [3.8, 4) is 28.7 Å². The van der Waals surface area contributed by atoms with Crippen molar-refractivity contribution >= 4 is 16.7 Å². The Kier molecular flexibility index (Phi) is 12.6. The van der Waals surface area contributed by atoms with Crippen LogP contribution in [0.1, 0.15) is 160 Å². The molecule has 0 saturated heterocycles. The van der Waals surface area contributed by atoms with Crippen molar-refractivity contribution in [1.29, 1.82) is 0 Å². The van der Waals surface area contributed by atoms with Crippen LogP contribution in [0.5, 0.6) is 28.7 Å². The summed E-state index contributed by atoms with van der Waals surface area (Å²) in [5.74, 6) is 1.13. The minimum atomic E-state index is -0.487. The van der Waals surface area contributed by atoms with E-state index in [-0.39, 0.29) is 52.1 Å². The van der Waals surface area contributed by atoms with Gasteiger partial charge in [0.05, 0.1) is 7.11 Å². The highest BCUT2D eigenvalue weighted by atomic mass is 16.5. The molecule has 342 valence electrons. The maximum atomic E-state index is 13.0. The predicted octanol–water partition coefficient (Wildman–Crippen LogP) is 13.1. The fourth-order valence-corrected chi connectivity index (χ4v) is 8.75. The molecule has 1 aliphatic rings. The van der Waals surface area contributed by atoms with Gasteiger partial charge in [0.2, 0.25) is 0 Å². The third-order valence-electron chi connectivity index (χ3n) is 12.9. The monoisotopic (exact) mass is 876 g/mol. The topological polar surface area (TPSA) is 105 Å². The van der Waals surface area contributed by atoms with Crippen molar-refractivity contribution in [3.63, 3.8) is 0 Å². The third kappa shape index (κ3) is 10.1. The number of fused-ring (bicyclic) bond motifs is 9. The van der Waals surface area contributed by atoms with Gasteiger partial charge in [-0.1, -0.05) is 156 Å². The number of phenolic OH excluding ortho intramolecular Hbond substituents is 3. The fraction of sp³-hybridized carbons (Fsp3) is 0.397. The third-order valence-corrected chi connectivity index (χ3v) is 12.9. The van der Waals surface area contributed by atoms with E-state index in [0.717, 1.165) is 77.5 Å². The van der Waals surface area contributed by atoms with Gasteiger partial charge in [-0.15, -0.1) is 0 Å². The number of carbonyl (C=O) groups is 1. The molecule has 8 bridgehead atoms. The average molecular weight is 877 g/mol. The van der Waals surface area contributed by atoms with Crippen molar-refractivity contribution in [1.82, 2.24) is 0 Å². The van der Waals surface area contributed by atoms with Crippen LogP contribution in [0.25, 0.3) is 10.8 Å². The molecule has 0 saturated carbocycles. The van der Waals surface area contributed by atoms with Crippen molar-refractivity contribution in [2.45, 2.75) is 130 Å². The lowest BCUT2D eigenvalue weighted by Gasteiger charge is -2.27. The van der Waals surface area contributed by atoms with E-state index < -0.39 is 5.97 Å². The molecule has 6 aromatic carbocycles. The quantitative estimate of drug-likeness (QED) is 0.113. The zero-order chi connectivity index (χ0) is 47.4. The summed E-state index contributed by atoms with van der Waals surface area (Å²) in [5, 5.41) is 38.8. The maximum absolute atomic E-state index is 13.0. The van der Waals surface area contributed by atoms with Crippen LogP contribution in [0, 0.1) is 0 Å². The van der Waals surface area contributed by atoms with E-state index in [9.17, 15) is 20.1 Å². The Bertz CT molecular complexity index is 2660. The summed E-state index contributed by atoms with van der Waals surface area (Å²) in [6.45, 7) is 26.4. The number of esters is 1. The van der Waals surface area contributed by atoms with Crippen LogP contribution in [-0.4, -0.2) is 41.6 Å². The number of hydrogen-bond acceptors (Lipinski definition) is 7. The van der Waals surface area contributed by atoms with Crippen molar-refractivity contribution in [3.05, 3.63) is 157 Å². The summed E-state index contributed by atoms with van der Waals surface area (Å²) < 4.78 is 18.4. The standard InChI is InChI=1S/C58H68O7/c1-55(2,3)44-24-36-20-38-26-45(56(4,5)6)28-40(51(38)60)22-42-30-47(58(10,11)12)31-43(23-41-29-46(57(7,8)9)27-39(52(41)61)21-37(25-44)50(36)59)53(42)65-19-18-64-49-33-35-17-15-14-16-34(35)32-48(49)54(62)63-13/h14-17,24-33,59-61H,18-23H2,1-13H3. The van der Waals surface area contributed by atoms with Crippen LogP contribution in [0.4, 0.5) is 0 Å². The summed E-state index contributed by atoms with van der Waals surface area (Å²) in [6.07, 6.45) is 1.32. The summed E-state index contributed by atoms with van der Waals surface area (Å²) in [5.41, 5.74) is 9.85. The van der Waals surface area contributed by atoms with E-state index in [4.69, 9.17) is 14.2 Å². The normalized spacial score (nSPS) is 13.4. The summed E-state index contributed by atoms with van der Waals surface area (Å²) >= 11 is 0. The number of carbonyl (C=O) groups excluding carboxylic acids is 1. The molecular formula is C58H68O7. The number of benzene rings is 6. The smallest absolute Gasteiger partial charge is 0.341 e. The highest BCUT2D eigenvalue weighted by molar-refractivity contribution is 5.98. The van der Waals surface area contributed by atoms with E-state index >= 15 is 0 Å². The maximum Gasteiger partial charge on any atom is 0.341 e. The SMILES string of the molecule is COC(=O)c1cc2ccccc2cc1OCCOc1c2cc(C(C)(C)C)cc1Cc1cc(C(C)(C)C)cc(c1O)Cc1cc(C(C)(C)C)cc(c1O)Cc1cc(C(C)(C)C)cc(c1O)C2. The average Bonchev–Trinajstić information content (AvgIpc) is 3.21.